The Balaban J connectivity index is 0. The molecule has 2 heteroatoms. The van der Waals surface area contributed by atoms with Crippen LogP contribution < -0.4 is 0 Å². The monoisotopic (exact) mass is 204 g/mol. The number of aliphatic hydroxyl groups is 2. The molecule has 14 heavy (non-hydrogen) atoms. The first-order valence-electron chi connectivity index (χ1n) is 5.57. The summed E-state index contributed by atoms with van der Waals surface area (Å²) in [6.45, 7) is 11.5. The molecule has 0 aliphatic carbocycles. The van der Waals surface area contributed by atoms with Crippen molar-refractivity contribution in [1.29, 1.82) is 0 Å². The normalized spacial score (nSPS) is 12.0. The zero-order valence-corrected chi connectivity index (χ0v) is 10.7. The molecule has 0 saturated heterocycles. The Morgan fingerprint density at radius 1 is 0.714 bits per heavy atom. The van der Waals surface area contributed by atoms with E-state index in [-0.39, 0.29) is 0 Å². The summed E-state index contributed by atoms with van der Waals surface area (Å²) >= 11 is 0. The highest BCUT2D eigenvalue weighted by Crippen LogP contribution is 2.08. The van der Waals surface area contributed by atoms with Crippen LogP contribution in [0.2, 0.25) is 0 Å². The second-order valence-electron chi connectivity index (χ2n) is 5.12. The molecule has 0 saturated carbocycles. The van der Waals surface area contributed by atoms with Crippen molar-refractivity contribution >= 4 is 0 Å². The van der Waals surface area contributed by atoms with Gasteiger partial charge in [0, 0.05) is 0 Å². The molecule has 88 valence electrons. The lowest BCUT2D eigenvalue weighted by molar-refractivity contribution is 0.0696. The number of hydrogen-bond acceptors (Lipinski definition) is 2. The van der Waals surface area contributed by atoms with Gasteiger partial charge in [-0.3, -0.25) is 0 Å². The van der Waals surface area contributed by atoms with Crippen molar-refractivity contribution < 1.29 is 10.2 Å². The van der Waals surface area contributed by atoms with Gasteiger partial charge >= 0.3 is 0 Å². The Morgan fingerprint density at radius 2 is 0.929 bits per heavy atom. The van der Waals surface area contributed by atoms with Crippen molar-refractivity contribution in [2.45, 2.75) is 78.4 Å². The second kappa shape index (κ2) is 7.24. The van der Waals surface area contributed by atoms with Crippen LogP contribution in [0, 0.1) is 0 Å². The first-order chi connectivity index (χ1) is 6.12. The fourth-order valence-electron chi connectivity index (χ4n) is 1.22. The Bertz CT molecular complexity index is 101. The van der Waals surface area contributed by atoms with Gasteiger partial charge in [-0.2, -0.15) is 0 Å². The average Bonchev–Trinajstić information content (AvgIpc) is 1.81. The lowest BCUT2D eigenvalue weighted by Crippen LogP contribution is -2.17. The van der Waals surface area contributed by atoms with E-state index in [1.165, 1.54) is 0 Å². The van der Waals surface area contributed by atoms with E-state index >= 15 is 0 Å². The minimum Gasteiger partial charge on any atom is -0.390 e. The van der Waals surface area contributed by atoms with Gasteiger partial charge in [-0.1, -0.05) is 26.7 Å². The summed E-state index contributed by atoms with van der Waals surface area (Å²) in [7, 11) is 0. The summed E-state index contributed by atoms with van der Waals surface area (Å²) in [5.41, 5.74) is -0.899. The molecule has 0 aromatic carbocycles. The zero-order valence-electron chi connectivity index (χ0n) is 10.7. The van der Waals surface area contributed by atoms with Gasteiger partial charge in [0.15, 0.2) is 0 Å². The molecule has 0 aromatic rings. The van der Waals surface area contributed by atoms with Crippen molar-refractivity contribution in [3.05, 3.63) is 0 Å². The maximum absolute atomic E-state index is 9.02. The van der Waals surface area contributed by atoms with Crippen LogP contribution in [-0.4, -0.2) is 21.4 Å². The first-order valence-corrected chi connectivity index (χ1v) is 5.57. The minimum absolute atomic E-state index is 0.450. The van der Waals surface area contributed by atoms with E-state index in [9.17, 15) is 0 Å². The van der Waals surface area contributed by atoms with Crippen LogP contribution >= 0.6 is 0 Å². The van der Waals surface area contributed by atoms with Crippen molar-refractivity contribution in [3.8, 4) is 0 Å². The molecule has 0 amide bonds. The highest BCUT2D eigenvalue weighted by molar-refractivity contribution is 4.62. The van der Waals surface area contributed by atoms with Gasteiger partial charge in [0.25, 0.3) is 0 Å². The molecule has 0 heterocycles. The topological polar surface area (TPSA) is 40.5 Å². The third-order valence-corrected chi connectivity index (χ3v) is 1.72. The van der Waals surface area contributed by atoms with E-state index in [0.29, 0.717) is 0 Å². The minimum atomic E-state index is -0.450. The standard InChI is InChI=1S/2C6H14O/c2*1-4-5-6(2,3)7/h2*7H,4-5H2,1-3H3. The molecule has 2 N–H and O–H groups in total. The predicted octanol–water partition coefficient (Wildman–Crippen LogP) is 3.11. The molecule has 0 fully saturated rings. The molecule has 0 rings (SSSR count). The van der Waals surface area contributed by atoms with E-state index < -0.39 is 11.2 Å². The number of rotatable bonds is 4. The molecule has 0 aliphatic rings. The van der Waals surface area contributed by atoms with E-state index in [1.54, 1.807) is 0 Å². The zero-order chi connectivity index (χ0) is 11.8. The van der Waals surface area contributed by atoms with E-state index in [2.05, 4.69) is 13.8 Å². The molecule has 0 aliphatic heterocycles. The summed E-state index contributed by atoms with van der Waals surface area (Å²) in [5.74, 6) is 0. The Kier molecular flexibility index (Phi) is 8.46. The van der Waals surface area contributed by atoms with Crippen molar-refractivity contribution in [1.82, 2.24) is 0 Å². The van der Waals surface area contributed by atoms with E-state index in [1.807, 2.05) is 27.7 Å². The molecule has 0 bridgehead atoms. The van der Waals surface area contributed by atoms with Gasteiger partial charge < -0.3 is 10.2 Å². The van der Waals surface area contributed by atoms with E-state index in [0.717, 1.165) is 25.7 Å². The van der Waals surface area contributed by atoms with Gasteiger partial charge in [-0.05, 0) is 40.5 Å². The summed E-state index contributed by atoms with van der Waals surface area (Å²) in [6.07, 6.45) is 3.91. The van der Waals surface area contributed by atoms with Crippen LogP contribution in [-0.2, 0) is 0 Å². The smallest absolute Gasteiger partial charge is 0.0591 e. The molecule has 0 spiro atoms. The fourth-order valence-corrected chi connectivity index (χ4v) is 1.22. The van der Waals surface area contributed by atoms with Gasteiger partial charge in [-0.25, -0.2) is 0 Å². The van der Waals surface area contributed by atoms with Gasteiger partial charge in [-0.15, -0.1) is 0 Å². The second-order valence-corrected chi connectivity index (χ2v) is 5.12. The summed E-state index contributed by atoms with van der Waals surface area (Å²) < 4.78 is 0. The summed E-state index contributed by atoms with van der Waals surface area (Å²) in [5, 5.41) is 18.0. The lowest BCUT2D eigenvalue weighted by atomic mass is 10.0. The maximum Gasteiger partial charge on any atom is 0.0591 e. The molecular weight excluding hydrogens is 176 g/mol. The quantitative estimate of drug-likeness (QED) is 0.738. The van der Waals surface area contributed by atoms with Crippen LogP contribution in [0.15, 0.2) is 0 Å². The predicted molar refractivity (Wildman–Crippen MR) is 62.4 cm³/mol. The van der Waals surface area contributed by atoms with Crippen LogP contribution in [0.1, 0.15) is 67.2 Å². The van der Waals surface area contributed by atoms with Crippen LogP contribution in [0.3, 0.4) is 0 Å². The van der Waals surface area contributed by atoms with Crippen LogP contribution in [0.4, 0.5) is 0 Å². The summed E-state index contributed by atoms with van der Waals surface area (Å²) in [4.78, 5) is 0. The Morgan fingerprint density at radius 3 is 0.929 bits per heavy atom. The molecular formula is C12H28O2. The third kappa shape index (κ3) is 22.7. The molecule has 0 atom stereocenters. The van der Waals surface area contributed by atoms with Crippen LogP contribution in [0.5, 0.6) is 0 Å². The average molecular weight is 204 g/mol. The largest absolute Gasteiger partial charge is 0.390 e. The lowest BCUT2D eigenvalue weighted by Gasteiger charge is -2.14. The first kappa shape index (κ1) is 16.4. The Labute approximate surface area is 89.3 Å². The number of hydrogen-bond donors (Lipinski definition) is 2. The Hall–Kier alpha value is -0.0800. The maximum atomic E-state index is 9.02. The summed E-state index contributed by atoms with van der Waals surface area (Å²) in [6, 6.07) is 0. The molecule has 2 nitrogen and oxygen atoms in total. The molecule has 0 radical (unpaired) electrons. The van der Waals surface area contributed by atoms with Gasteiger partial charge in [0.05, 0.1) is 11.2 Å². The van der Waals surface area contributed by atoms with E-state index in [4.69, 9.17) is 10.2 Å². The van der Waals surface area contributed by atoms with Crippen molar-refractivity contribution in [2.75, 3.05) is 0 Å². The highest BCUT2D eigenvalue weighted by Gasteiger charge is 2.09. The SMILES string of the molecule is CCCC(C)(C)O.CCCC(C)(C)O. The van der Waals surface area contributed by atoms with Crippen molar-refractivity contribution in [3.63, 3.8) is 0 Å². The molecule has 0 unspecified atom stereocenters. The van der Waals surface area contributed by atoms with Gasteiger partial charge in [0.1, 0.15) is 0 Å². The molecule has 0 aromatic heterocycles. The van der Waals surface area contributed by atoms with Crippen molar-refractivity contribution in [2.24, 2.45) is 0 Å². The van der Waals surface area contributed by atoms with Crippen LogP contribution in [0.25, 0.3) is 0 Å². The fraction of sp³-hybridized carbons (Fsp3) is 1.00. The third-order valence-electron chi connectivity index (χ3n) is 1.72. The highest BCUT2D eigenvalue weighted by atomic mass is 16.3. The van der Waals surface area contributed by atoms with Gasteiger partial charge in [0.2, 0.25) is 0 Å².